The largest absolute Gasteiger partial charge is 0.247 e. The van der Waals surface area contributed by atoms with E-state index in [1.807, 2.05) is 0 Å². The van der Waals surface area contributed by atoms with Gasteiger partial charge in [0.15, 0.2) is 0 Å². The summed E-state index contributed by atoms with van der Waals surface area (Å²) in [5.74, 6) is 0. The highest BCUT2D eigenvalue weighted by Crippen LogP contribution is 2.29. The van der Waals surface area contributed by atoms with Gasteiger partial charge in [0.2, 0.25) is 0 Å². The van der Waals surface area contributed by atoms with E-state index in [0.29, 0.717) is 0 Å². The van der Waals surface area contributed by atoms with Crippen LogP contribution in [0.4, 0.5) is 0 Å². The summed E-state index contributed by atoms with van der Waals surface area (Å²) in [7, 11) is 0. The Bertz CT molecular complexity index is 845. The molecule has 1 nitrogen and oxygen atoms in total. The average Bonchev–Trinajstić information content (AvgIpc) is 2.83. The number of nitrogens with zero attached hydrogens (tertiary/aromatic N) is 1. The number of pyridine rings is 1. The van der Waals surface area contributed by atoms with Crippen LogP contribution in [-0.2, 0) is 0 Å². The minimum Gasteiger partial charge on any atom is -0.247 e. The van der Waals surface area contributed by atoms with Crippen LogP contribution in [0.25, 0.3) is 31.9 Å². The quantitative estimate of drug-likeness (QED) is 0.406. The fourth-order valence-electron chi connectivity index (χ4n) is 2.31. The van der Waals surface area contributed by atoms with E-state index in [2.05, 4.69) is 53.9 Å². The average molecular weight is 235 g/mol. The first kappa shape index (κ1) is 9.14. The van der Waals surface area contributed by atoms with Gasteiger partial charge in [0, 0.05) is 5.39 Å². The molecule has 0 N–H and O–H groups in total. The predicted octanol–water partition coefficient (Wildman–Crippen LogP) is 4.60. The van der Waals surface area contributed by atoms with Crippen molar-refractivity contribution in [3.8, 4) is 0 Å². The number of rotatable bonds is 0. The molecule has 0 atom stereocenters. The van der Waals surface area contributed by atoms with Gasteiger partial charge in [0.05, 0.1) is 15.7 Å². The lowest BCUT2D eigenvalue weighted by Gasteiger charge is -2.03. The molecule has 0 aliphatic rings. The monoisotopic (exact) mass is 235 g/mol. The third kappa shape index (κ3) is 1.28. The SMILES string of the molecule is c1ccc2c(c1)ccc1nc3ccsc3cc12. The second kappa shape index (κ2) is 3.28. The summed E-state index contributed by atoms with van der Waals surface area (Å²) >= 11 is 1.75. The molecular weight excluding hydrogens is 226 g/mol. The van der Waals surface area contributed by atoms with Crippen LogP contribution in [0.3, 0.4) is 0 Å². The fraction of sp³-hybridized carbons (Fsp3) is 0. The summed E-state index contributed by atoms with van der Waals surface area (Å²) in [4.78, 5) is 4.70. The zero-order valence-corrected chi connectivity index (χ0v) is 9.87. The Kier molecular flexibility index (Phi) is 1.76. The summed E-state index contributed by atoms with van der Waals surface area (Å²) < 4.78 is 1.26. The first-order chi connectivity index (χ1) is 8.42. The van der Waals surface area contributed by atoms with E-state index in [1.54, 1.807) is 11.3 Å². The second-order valence-corrected chi connectivity index (χ2v) is 5.09. The Balaban J connectivity index is 2.30. The maximum absolute atomic E-state index is 4.70. The third-order valence-electron chi connectivity index (χ3n) is 3.14. The van der Waals surface area contributed by atoms with Crippen LogP contribution < -0.4 is 0 Å². The lowest BCUT2D eigenvalue weighted by molar-refractivity contribution is 1.53. The van der Waals surface area contributed by atoms with Crippen molar-refractivity contribution >= 4 is 43.2 Å². The molecule has 2 aromatic heterocycles. The highest BCUT2D eigenvalue weighted by Gasteiger charge is 2.04. The van der Waals surface area contributed by atoms with Crippen LogP contribution >= 0.6 is 11.3 Å². The minimum absolute atomic E-state index is 1.08. The molecule has 0 spiro atoms. The third-order valence-corrected chi connectivity index (χ3v) is 3.99. The Labute approximate surface area is 102 Å². The van der Waals surface area contributed by atoms with Crippen LogP contribution in [0.1, 0.15) is 0 Å². The van der Waals surface area contributed by atoms with Crippen LogP contribution in [0.2, 0.25) is 0 Å². The molecule has 4 aromatic rings. The van der Waals surface area contributed by atoms with Crippen LogP contribution in [-0.4, -0.2) is 4.98 Å². The van der Waals surface area contributed by atoms with E-state index < -0.39 is 0 Å². The van der Waals surface area contributed by atoms with Crippen molar-refractivity contribution in [1.82, 2.24) is 4.98 Å². The predicted molar refractivity (Wildman–Crippen MR) is 74.6 cm³/mol. The molecule has 0 radical (unpaired) electrons. The Morgan fingerprint density at radius 2 is 1.76 bits per heavy atom. The van der Waals surface area contributed by atoms with Crippen molar-refractivity contribution in [3.05, 3.63) is 53.9 Å². The number of thiophene rings is 1. The van der Waals surface area contributed by atoms with Crippen LogP contribution in [0.5, 0.6) is 0 Å². The highest BCUT2D eigenvalue weighted by atomic mass is 32.1. The molecule has 0 amide bonds. The molecular formula is C15H9NS. The number of fused-ring (bicyclic) bond motifs is 4. The summed E-state index contributed by atoms with van der Waals surface area (Å²) in [6.07, 6.45) is 0. The zero-order valence-electron chi connectivity index (χ0n) is 9.05. The maximum atomic E-state index is 4.70. The van der Waals surface area contributed by atoms with Crippen LogP contribution in [0, 0.1) is 0 Å². The molecule has 4 rings (SSSR count). The first-order valence-corrected chi connectivity index (χ1v) is 6.45. The van der Waals surface area contributed by atoms with Gasteiger partial charge in [-0.15, -0.1) is 11.3 Å². The van der Waals surface area contributed by atoms with Gasteiger partial charge in [0.1, 0.15) is 0 Å². The van der Waals surface area contributed by atoms with E-state index in [-0.39, 0.29) is 0 Å². The highest BCUT2D eigenvalue weighted by molar-refractivity contribution is 7.17. The molecule has 0 aliphatic carbocycles. The molecule has 0 saturated heterocycles. The van der Waals surface area contributed by atoms with Gasteiger partial charge in [-0.05, 0) is 34.4 Å². The van der Waals surface area contributed by atoms with E-state index in [4.69, 9.17) is 4.98 Å². The standard InChI is InChI=1S/C15H9NS/c1-2-4-11-10(3-1)5-6-13-12(11)9-15-14(16-13)7-8-17-15/h1-9H. The Morgan fingerprint density at radius 3 is 2.76 bits per heavy atom. The normalized spacial score (nSPS) is 11.5. The molecule has 2 heteroatoms. The van der Waals surface area contributed by atoms with Gasteiger partial charge in [-0.2, -0.15) is 0 Å². The van der Waals surface area contributed by atoms with Crippen LogP contribution in [0.15, 0.2) is 53.9 Å². The number of hydrogen-bond donors (Lipinski definition) is 0. The fourth-order valence-corrected chi connectivity index (χ4v) is 3.07. The molecule has 0 unspecified atom stereocenters. The molecule has 2 aromatic carbocycles. The second-order valence-electron chi connectivity index (χ2n) is 4.15. The van der Waals surface area contributed by atoms with Crippen molar-refractivity contribution < 1.29 is 0 Å². The van der Waals surface area contributed by atoms with Crippen molar-refractivity contribution in [3.63, 3.8) is 0 Å². The molecule has 2 heterocycles. The van der Waals surface area contributed by atoms with E-state index in [9.17, 15) is 0 Å². The van der Waals surface area contributed by atoms with Gasteiger partial charge in [-0.25, -0.2) is 4.98 Å². The molecule has 0 bridgehead atoms. The lowest BCUT2D eigenvalue weighted by atomic mass is 10.1. The summed E-state index contributed by atoms with van der Waals surface area (Å²) in [6, 6.07) is 17.1. The van der Waals surface area contributed by atoms with E-state index in [1.165, 1.54) is 20.9 Å². The van der Waals surface area contributed by atoms with Crippen molar-refractivity contribution in [2.75, 3.05) is 0 Å². The van der Waals surface area contributed by atoms with Gasteiger partial charge >= 0.3 is 0 Å². The van der Waals surface area contributed by atoms with Crippen molar-refractivity contribution in [2.45, 2.75) is 0 Å². The van der Waals surface area contributed by atoms with Crippen molar-refractivity contribution in [2.24, 2.45) is 0 Å². The lowest BCUT2D eigenvalue weighted by Crippen LogP contribution is -1.81. The summed E-state index contributed by atoms with van der Waals surface area (Å²) in [5.41, 5.74) is 2.17. The first-order valence-electron chi connectivity index (χ1n) is 5.57. The van der Waals surface area contributed by atoms with Gasteiger partial charge in [-0.3, -0.25) is 0 Å². The topological polar surface area (TPSA) is 12.9 Å². The zero-order chi connectivity index (χ0) is 11.2. The molecule has 0 fully saturated rings. The van der Waals surface area contributed by atoms with E-state index in [0.717, 1.165) is 11.0 Å². The summed E-state index contributed by atoms with van der Waals surface area (Å²) in [5, 5.41) is 5.90. The Hall–Kier alpha value is -1.93. The van der Waals surface area contributed by atoms with Gasteiger partial charge in [-0.1, -0.05) is 30.3 Å². The molecule has 17 heavy (non-hydrogen) atoms. The minimum atomic E-state index is 1.08. The molecule has 0 aliphatic heterocycles. The number of hydrogen-bond acceptors (Lipinski definition) is 2. The smallest absolute Gasteiger partial charge is 0.0817 e. The van der Waals surface area contributed by atoms with E-state index >= 15 is 0 Å². The number of benzene rings is 2. The number of aromatic nitrogens is 1. The van der Waals surface area contributed by atoms with Gasteiger partial charge in [0.25, 0.3) is 0 Å². The Morgan fingerprint density at radius 1 is 0.824 bits per heavy atom. The summed E-state index contributed by atoms with van der Waals surface area (Å²) in [6.45, 7) is 0. The molecule has 80 valence electrons. The molecule has 0 saturated carbocycles. The van der Waals surface area contributed by atoms with Crippen molar-refractivity contribution in [1.29, 1.82) is 0 Å². The maximum Gasteiger partial charge on any atom is 0.0817 e. The van der Waals surface area contributed by atoms with Gasteiger partial charge < -0.3 is 0 Å².